The highest BCUT2D eigenvalue weighted by Crippen LogP contribution is 2.15. The number of halogens is 1. The van der Waals surface area contributed by atoms with E-state index >= 15 is 0 Å². The van der Waals surface area contributed by atoms with Crippen molar-refractivity contribution < 1.29 is 13.9 Å². The van der Waals surface area contributed by atoms with Crippen LogP contribution in [0.5, 0.6) is 0 Å². The van der Waals surface area contributed by atoms with Gasteiger partial charge in [0.25, 0.3) is 0 Å². The van der Waals surface area contributed by atoms with E-state index in [0.29, 0.717) is 36.1 Å². The van der Waals surface area contributed by atoms with Crippen molar-refractivity contribution in [3.05, 3.63) is 47.2 Å². The van der Waals surface area contributed by atoms with Gasteiger partial charge in [0.2, 0.25) is 5.91 Å². The zero-order valence-corrected chi connectivity index (χ0v) is 18.2. The van der Waals surface area contributed by atoms with Crippen LogP contribution in [0.3, 0.4) is 0 Å². The van der Waals surface area contributed by atoms with Gasteiger partial charge >= 0.3 is 0 Å². The number of amides is 1. The van der Waals surface area contributed by atoms with Crippen LogP contribution in [0.1, 0.15) is 26.5 Å². The number of nitrogens with one attached hydrogen (secondary N) is 1. The summed E-state index contributed by atoms with van der Waals surface area (Å²) in [5.74, 6) is 1.33. The van der Waals surface area contributed by atoms with E-state index in [9.17, 15) is 4.79 Å². The minimum absolute atomic E-state index is 0.0000928. The van der Waals surface area contributed by atoms with E-state index in [0.717, 1.165) is 0 Å². The van der Waals surface area contributed by atoms with Gasteiger partial charge < -0.3 is 19.4 Å². The van der Waals surface area contributed by atoms with Crippen LogP contribution in [0.4, 0.5) is 0 Å². The van der Waals surface area contributed by atoms with Crippen LogP contribution < -0.4 is 5.32 Å². The van der Waals surface area contributed by atoms with Gasteiger partial charge in [0, 0.05) is 32.8 Å². The summed E-state index contributed by atoms with van der Waals surface area (Å²) in [6, 6.07) is 3.32. The lowest BCUT2D eigenvalue weighted by atomic mass is 10.1. The number of furan rings is 1. The Bertz CT molecular complexity index is 820. The zero-order valence-electron chi connectivity index (χ0n) is 17.5. The Hall–Kier alpha value is -2.58. The molecule has 0 aliphatic carbocycles. The van der Waals surface area contributed by atoms with Crippen molar-refractivity contribution in [2.24, 2.45) is 10.1 Å². The highest BCUT2D eigenvalue weighted by atomic mass is 35.5. The second kappa shape index (κ2) is 10.3. The fourth-order valence-electron chi connectivity index (χ4n) is 2.95. The van der Waals surface area contributed by atoms with Crippen LogP contribution in [0, 0.1) is 0 Å². The summed E-state index contributed by atoms with van der Waals surface area (Å²) in [5, 5.41) is 9.06. The molecule has 1 aliphatic rings. The first-order valence-electron chi connectivity index (χ1n) is 9.31. The van der Waals surface area contributed by atoms with Gasteiger partial charge in [-0.2, -0.15) is 5.10 Å². The summed E-state index contributed by atoms with van der Waals surface area (Å²) < 4.78 is 11.0. The molecule has 0 bridgehead atoms. The lowest BCUT2D eigenvalue weighted by Gasteiger charge is -2.35. The van der Waals surface area contributed by atoms with E-state index < -0.39 is 0 Å². The number of hydrogen-bond donors (Lipinski definition) is 1. The number of aliphatic imine (C=N–C) groups is 1. The van der Waals surface area contributed by atoms with Crippen molar-refractivity contribution in [1.29, 1.82) is 0 Å². The normalized spacial score (nSPS) is 20.8. The molecule has 2 atom stereocenters. The van der Waals surface area contributed by atoms with Crippen LogP contribution in [-0.4, -0.2) is 67.3 Å². The number of carbonyl (C=O) groups is 1. The van der Waals surface area contributed by atoms with Gasteiger partial charge in [0.05, 0.1) is 18.4 Å². The standard InChI is InChI=1S/C20H28ClN5O3/c1-13(20(27)25-11-14(2)28-15(3)12-25)9-19(23-6)26(16(4)22-5)24-10-17-7-8-18(21)29-17/h7-10,14-15,22H,4,11-12H2,1-3,5-6H3/b13-9+,23-19?,24-10+. The first-order chi connectivity index (χ1) is 13.7. The van der Waals surface area contributed by atoms with Crippen molar-refractivity contribution in [3.8, 4) is 0 Å². The van der Waals surface area contributed by atoms with Crippen LogP contribution in [0.25, 0.3) is 0 Å². The van der Waals surface area contributed by atoms with Crippen LogP contribution in [0.15, 0.2) is 50.7 Å². The lowest BCUT2D eigenvalue weighted by Crippen LogP contribution is -2.48. The van der Waals surface area contributed by atoms with Gasteiger partial charge in [-0.15, -0.1) is 0 Å². The number of hydrazone groups is 1. The van der Waals surface area contributed by atoms with E-state index in [4.69, 9.17) is 20.8 Å². The molecule has 1 aliphatic heterocycles. The molecule has 0 saturated carbocycles. The molecule has 2 unspecified atom stereocenters. The summed E-state index contributed by atoms with van der Waals surface area (Å²) >= 11 is 5.80. The number of ether oxygens (including phenoxy) is 1. The topological polar surface area (TPSA) is 82.7 Å². The molecule has 1 saturated heterocycles. The van der Waals surface area contributed by atoms with Gasteiger partial charge in [-0.05, 0) is 50.6 Å². The molecule has 1 aromatic heterocycles. The first kappa shape index (κ1) is 22.7. The number of carbonyl (C=O) groups excluding carboxylic acids is 1. The Morgan fingerprint density at radius 2 is 2.03 bits per heavy atom. The maximum absolute atomic E-state index is 12.9. The Morgan fingerprint density at radius 1 is 1.38 bits per heavy atom. The second-order valence-corrected chi connectivity index (χ2v) is 7.14. The minimum Gasteiger partial charge on any atom is -0.444 e. The van der Waals surface area contributed by atoms with Crippen molar-refractivity contribution in [1.82, 2.24) is 15.2 Å². The van der Waals surface area contributed by atoms with E-state index in [2.05, 4.69) is 22.0 Å². The quantitative estimate of drug-likeness (QED) is 0.330. The summed E-state index contributed by atoms with van der Waals surface area (Å²) in [4.78, 5) is 19.0. The van der Waals surface area contributed by atoms with Crippen molar-refractivity contribution in [2.75, 3.05) is 27.2 Å². The maximum atomic E-state index is 12.9. The summed E-state index contributed by atoms with van der Waals surface area (Å²) in [5.41, 5.74) is 0.539. The van der Waals surface area contributed by atoms with Crippen molar-refractivity contribution in [2.45, 2.75) is 33.0 Å². The summed E-state index contributed by atoms with van der Waals surface area (Å²) in [6.07, 6.45) is 3.18. The summed E-state index contributed by atoms with van der Waals surface area (Å²) in [6.45, 7) is 10.7. The number of amidine groups is 1. The number of nitrogens with zero attached hydrogens (tertiary/aromatic N) is 4. The fraction of sp³-hybridized carbons (Fsp3) is 0.450. The van der Waals surface area contributed by atoms with Crippen molar-refractivity contribution in [3.63, 3.8) is 0 Å². The zero-order chi connectivity index (χ0) is 21.6. The Balaban J connectivity index is 2.23. The third-order valence-electron chi connectivity index (χ3n) is 4.27. The van der Waals surface area contributed by atoms with Crippen molar-refractivity contribution >= 4 is 29.6 Å². The van der Waals surface area contributed by atoms with E-state index in [-0.39, 0.29) is 23.3 Å². The fourth-order valence-corrected chi connectivity index (χ4v) is 3.11. The van der Waals surface area contributed by atoms with E-state index in [1.807, 2.05) is 13.8 Å². The average molecular weight is 422 g/mol. The monoisotopic (exact) mass is 421 g/mol. The van der Waals surface area contributed by atoms with Gasteiger partial charge in [-0.3, -0.25) is 9.79 Å². The molecule has 0 aromatic carbocycles. The van der Waals surface area contributed by atoms with Gasteiger partial charge in [0.1, 0.15) is 11.6 Å². The SMILES string of the molecule is C=C(NC)N(/N=C/c1ccc(Cl)o1)C(/C=C(\C)C(=O)N1CC(C)OC(C)C1)=NC. The predicted molar refractivity (Wildman–Crippen MR) is 115 cm³/mol. The molecular weight excluding hydrogens is 394 g/mol. The number of morpholine rings is 1. The molecular formula is C20H28ClN5O3. The van der Waals surface area contributed by atoms with Crippen LogP contribution >= 0.6 is 11.6 Å². The summed E-state index contributed by atoms with van der Waals surface area (Å²) in [7, 11) is 3.35. The smallest absolute Gasteiger partial charge is 0.249 e. The molecule has 1 N–H and O–H groups in total. The Kier molecular flexibility index (Phi) is 8.04. The van der Waals surface area contributed by atoms with Crippen LogP contribution in [-0.2, 0) is 9.53 Å². The largest absolute Gasteiger partial charge is 0.444 e. The predicted octanol–water partition coefficient (Wildman–Crippen LogP) is 2.87. The molecule has 1 fully saturated rings. The number of rotatable bonds is 6. The Morgan fingerprint density at radius 3 is 2.55 bits per heavy atom. The number of hydrogen-bond acceptors (Lipinski definition) is 6. The third kappa shape index (κ3) is 6.20. The Labute approximate surface area is 176 Å². The van der Waals surface area contributed by atoms with Gasteiger partial charge in [-0.1, -0.05) is 6.58 Å². The second-order valence-electron chi connectivity index (χ2n) is 6.77. The van der Waals surface area contributed by atoms with Gasteiger partial charge in [0.15, 0.2) is 11.1 Å². The molecule has 8 nitrogen and oxygen atoms in total. The van der Waals surface area contributed by atoms with Gasteiger partial charge in [-0.25, -0.2) is 5.01 Å². The van der Waals surface area contributed by atoms with E-state index in [1.165, 1.54) is 11.2 Å². The van der Waals surface area contributed by atoms with Crippen LogP contribution in [0.2, 0.25) is 5.22 Å². The molecule has 1 amide bonds. The molecule has 0 spiro atoms. The molecule has 9 heteroatoms. The molecule has 2 rings (SSSR count). The highest BCUT2D eigenvalue weighted by Gasteiger charge is 2.27. The lowest BCUT2D eigenvalue weighted by molar-refractivity contribution is -0.139. The third-order valence-corrected chi connectivity index (χ3v) is 4.48. The molecule has 158 valence electrons. The average Bonchev–Trinajstić information content (AvgIpc) is 3.10. The molecule has 29 heavy (non-hydrogen) atoms. The van der Waals surface area contributed by atoms with E-state index in [1.54, 1.807) is 44.1 Å². The maximum Gasteiger partial charge on any atom is 0.249 e. The molecule has 2 heterocycles. The molecule has 0 radical (unpaired) electrons. The minimum atomic E-state index is -0.0648. The first-order valence-corrected chi connectivity index (χ1v) is 9.68. The molecule has 1 aromatic rings. The highest BCUT2D eigenvalue weighted by molar-refractivity contribution is 6.28.